The first kappa shape index (κ1) is 9.76. The highest BCUT2D eigenvalue weighted by atomic mass is 16.2. The van der Waals surface area contributed by atoms with Crippen LogP contribution < -0.4 is 5.32 Å². The van der Waals surface area contributed by atoms with Crippen molar-refractivity contribution in [1.29, 1.82) is 0 Å². The molecule has 2 N–H and O–H groups in total. The zero-order chi connectivity index (χ0) is 9.80. The number of aliphatic hydroxyl groups is 1. The Bertz CT molecular complexity index is 284. The van der Waals surface area contributed by atoms with Gasteiger partial charge in [0.2, 0.25) is 0 Å². The van der Waals surface area contributed by atoms with Crippen LogP contribution in [0.15, 0.2) is 11.6 Å². The van der Waals surface area contributed by atoms with Crippen LogP contribution in [0.2, 0.25) is 0 Å². The van der Waals surface area contributed by atoms with E-state index < -0.39 is 0 Å². The maximum absolute atomic E-state index is 8.60. The van der Waals surface area contributed by atoms with Gasteiger partial charge in [0, 0.05) is 30.7 Å². The molecule has 0 aromatic heterocycles. The Hall–Kier alpha value is -0.780. The highest BCUT2D eigenvalue weighted by Crippen LogP contribution is 2.25. The van der Waals surface area contributed by atoms with Gasteiger partial charge in [0.1, 0.15) is 0 Å². The summed E-state index contributed by atoms with van der Waals surface area (Å²) in [6.45, 7) is 0.251. The lowest BCUT2D eigenvalue weighted by Crippen LogP contribution is -2.32. The fourth-order valence-electron chi connectivity index (χ4n) is 2.16. The molecule has 2 heterocycles. The van der Waals surface area contributed by atoms with Crippen LogP contribution in [0.4, 0.5) is 0 Å². The van der Waals surface area contributed by atoms with E-state index in [1.807, 2.05) is 0 Å². The zero-order valence-corrected chi connectivity index (χ0v) is 8.42. The molecule has 0 amide bonds. The van der Waals surface area contributed by atoms with Crippen molar-refractivity contribution in [3.05, 3.63) is 11.6 Å². The van der Waals surface area contributed by atoms with Crippen molar-refractivity contribution in [2.24, 2.45) is 0 Å². The van der Waals surface area contributed by atoms with Crippen LogP contribution in [-0.4, -0.2) is 23.8 Å². The van der Waals surface area contributed by atoms with Crippen molar-refractivity contribution >= 4 is 0 Å². The molecule has 2 bridgehead atoms. The molecule has 0 aromatic carbocycles. The van der Waals surface area contributed by atoms with Crippen LogP contribution in [-0.2, 0) is 0 Å². The van der Waals surface area contributed by atoms with Crippen molar-refractivity contribution in [3.8, 4) is 11.8 Å². The van der Waals surface area contributed by atoms with E-state index in [1.54, 1.807) is 0 Å². The van der Waals surface area contributed by atoms with Gasteiger partial charge in [0.15, 0.2) is 0 Å². The maximum atomic E-state index is 8.60. The fourth-order valence-corrected chi connectivity index (χ4v) is 2.16. The molecule has 0 saturated carbocycles. The van der Waals surface area contributed by atoms with Gasteiger partial charge in [-0.1, -0.05) is 17.9 Å². The lowest BCUT2D eigenvalue weighted by Gasteiger charge is -2.17. The van der Waals surface area contributed by atoms with E-state index in [0.29, 0.717) is 12.1 Å². The number of fused-ring (bicyclic) bond motifs is 2. The van der Waals surface area contributed by atoms with Crippen LogP contribution in [0.3, 0.4) is 0 Å². The summed E-state index contributed by atoms with van der Waals surface area (Å²) >= 11 is 0. The molecule has 76 valence electrons. The summed E-state index contributed by atoms with van der Waals surface area (Å²) in [7, 11) is 0. The summed E-state index contributed by atoms with van der Waals surface area (Å²) < 4.78 is 0. The predicted octanol–water partition coefficient (Wildman–Crippen LogP) is 1.21. The first-order chi connectivity index (χ1) is 6.88. The molecule has 2 aliphatic rings. The summed E-state index contributed by atoms with van der Waals surface area (Å²) in [6.07, 6.45) is 7.55. The van der Waals surface area contributed by atoms with Crippen molar-refractivity contribution in [3.63, 3.8) is 0 Å². The van der Waals surface area contributed by atoms with Gasteiger partial charge < -0.3 is 10.4 Å². The van der Waals surface area contributed by atoms with E-state index in [1.165, 1.54) is 18.4 Å². The molecular weight excluding hydrogens is 174 g/mol. The molecule has 2 unspecified atom stereocenters. The van der Waals surface area contributed by atoms with Gasteiger partial charge in [0.05, 0.1) is 0 Å². The van der Waals surface area contributed by atoms with Crippen LogP contribution in [0.5, 0.6) is 0 Å². The lowest BCUT2D eigenvalue weighted by atomic mass is 10.0. The van der Waals surface area contributed by atoms with E-state index in [-0.39, 0.29) is 6.61 Å². The second-order valence-electron chi connectivity index (χ2n) is 4.07. The van der Waals surface area contributed by atoms with Gasteiger partial charge in [-0.25, -0.2) is 0 Å². The molecule has 2 heteroatoms. The second-order valence-corrected chi connectivity index (χ2v) is 4.07. The highest BCUT2D eigenvalue weighted by molar-refractivity contribution is 5.33. The number of nitrogens with one attached hydrogen (secondary N) is 1. The van der Waals surface area contributed by atoms with Gasteiger partial charge in [-0.2, -0.15) is 0 Å². The third-order valence-corrected chi connectivity index (χ3v) is 2.85. The number of hydrogen-bond acceptors (Lipinski definition) is 2. The normalized spacial score (nSPS) is 29.4. The van der Waals surface area contributed by atoms with Crippen LogP contribution in [0.25, 0.3) is 0 Å². The molecule has 2 aliphatic heterocycles. The van der Waals surface area contributed by atoms with Gasteiger partial charge >= 0.3 is 0 Å². The smallest absolute Gasteiger partial charge is 0.0440 e. The zero-order valence-electron chi connectivity index (χ0n) is 8.42. The third-order valence-electron chi connectivity index (χ3n) is 2.85. The molecule has 1 fully saturated rings. The fraction of sp³-hybridized carbons (Fsp3) is 0.667. The molecule has 0 aromatic rings. The Kier molecular flexibility index (Phi) is 3.23. The molecule has 2 atom stereocenters. The van der Waals surface area contributed by atoms with Crippen molar-refractivity contribution in [1.82, 2.24) is 5.32 Å². The summed E-state index contributed by atoms with van der Waals surface area (Å²) in [5.41, 5.74) is 1.30. The average molecular weight is 191 g/mol. The molecular formula is C12H17NO. The molecule has 2 nitrogen and oxygen atoms in total. The van der Waals surface area contributed by atoms with Crippen LogP contribution in [0.1, 0.15) is 32.1 Å². The van der Waals surface area contributed by atoms with Gasteiger partial charge in [0.25, 0.3) is 0 Å². The quantitative estimate of drug-likeness (QED) is 0.508. The van der Waals surface area contributed by atoms with Gasteiger partial charge in [-0.15, -0.1) is 0 Å². The predicted molar refractivity (Wildman–Crippen MR) is 56.7 cm³/mol. The van der Waals surface area contributed by atoms with Crippen LogP contribution in [0, 0.1) is 11.8 Å². The Morgan fingerprint density at radius 2 is 2.43 bits per heavy atom. The molecule has 0 aliphatic carbocycles. The number of aliphatic hydroxyl groups excluding tert-OH is 1. The van der Waals surface area contributed by atoms with Crippen molar-refractivity contribution < 1.29 is 5.11 Å². The Balaban J connectivity index is 1.88. The number of rotatable bonds is 2. The van der Waals surface area contributed by atoms with E-state index in [0.717, 1.165) is 19.3 Å². The summed E-state index contributed by atoms with van der Waals surface area (Å²) in [6, 6.07) is 1.25. The van der Waals surface area contributed by atoms with Gasteiger partial charge in [-0.05, 0) is 25.7 Å². The summed E-state index contributed by atoms with van der Waals surface area (Å²) in [5.74, 6) is 6.34. The summed E-state index contributed by atoms with van der Waals surface area (Å²) in [5, 5.41) is 12.1. The lowest BCUT2D eigenvalue weighted by molar-refractivity contribution is 0.290. The van der Waals surface area contributed by atoms with E-state index in [4.69, 9.17) is 5.11 Å². The molecule has 2 rings (SSSR count). The minimum atomic E-state index is 0.251. The standard InChI is InChI=1S/C12H17NO/c14-7-3-1-2-4-10-8-11-5-6-12(9-10)13-11/h8,11-14H,1,3,5-7,9H2. The minimum absolute atomic E-state index is 0.251. The topological polar surface area (TPSA) is 32.3 Å². The monoisotopic (exact) mass is 191 g/mol. The molecule has 0 spiro atoms. The number of hydrogen-bond donors (Lipinski definition) is 2. The SMILES string of the molecule is OCCCC#CC1=CC2CCC(C1)N2. The van der Waals surface area contributed by atoms with E-state index in [9.17, 15) is 0 Å². The third kappa shape index (κ3) is 2.37. The van der Waals surface area contributed by atoms with Gasteiger partial charge in [-0.3, -0.25) is 0 Å². The van der Waals surface area contributed by atoms with Crippen molar-refractivity contribution in [2.45, 2.75) is 44.2 Å². The van der Waals surface area contributed by atoms with E-state index in [2.05, 4.69) is 23.2 Å². The Labute approximate surface area is 85.4 Å². The largest absolute Gasteiger partial charge is 0.396 e. The number of unbranched alkanes of at least 4 members (excludes halogenated alkanes) is 1. The first-order valence-electron chi connectivity index (χ1n) is 5.45. The Morgan fingerprint density at radius 1 is 1.50 bits per heavy atom. The van der Waals surface area contributed by atoms with Crippen LogP contribution >= 0.6 is 0 Å². The second kappa shape index (κ2) is 4.63. The van der Waals surface area contributed by atoms with E-state index >= 15 is 0 Å². The minimum Gasteiger partial charge on any atom is -0.396 e. The molecule has 14 heavy (non-hydrogen) atoms. The molecule has 1 saturated heterocycles. The highest BCUT2D eigenvalue weighted by Gasteiger charge is 2.26. The first-order valence-corrected chi connectivity index (χ1v) is 5.45. The average Bonchev–Trinajstić information content (AvgIpc) is 2.53. The summed E-state index contributed by atoms with van der Waals surface area (Å²) in [4.78, 5) is 0. The molecule has 0 radical (unpaired) electrons. The van der Waals surface area contributed by atoms with Crippen molar-refractivity contribution in [2.75, 3.05) is 6.61 Å². The Morgan fingerprint density at radius 3 is 3.21 bits per heavy atom. The maximum Gasteiger partial charge on any atom is 0.0440 e.